The predicted molar refractivity (Wildman–Crippen MR) is 44.4 cm³/mol. The minimum absolute atomic E-state index is 0.444. The Balaban J connectivity index is 2.96. The first-order valence-corrected chi connectivity index (χ1v) is 3.54. The van der Waals surface area contributed by atoms with Crippen molar-refractivity contribution in [1.29, 1.82) is 0 Å². The lowest BCUT2D eigenvalue weighted by molar-refractivity contribution is 0.152. The lowest BCUT2D eigenvalue weighted by atomic mass is 10.7. The SMILES string of the molecule is CCOCCNC(=S)NN. The number of hydrogen-bond donors (Lipinski definition) is 3. The molecule has 4 nitrogen and oxygen atoms in total. The molecule has 10 heavy (non-hydrogen) atoms. The third-order valence-electron chi connectivity index (χ3n) is 0.867. The highest BCUT2D eigenvalue weighted by molar-refractivity contribution is 7.80. The van der Waals surface area contributed by atoms with Crippen molar-refractivity contribution in [2.75, 3.05) is 19.8 Å². The lowest BCUT2D eigenvalue weighted by Crippen LogP contribution is -2.40. The zero-order valence-corrected chi connectivity index (χ0v) is 6.83. The number of nitrogens with one attached hydrogen (secondary N) is 2. The molecule has 0 atom stereocenters. The fraction of sp³-hybridized carbons (Fsp3) is 0.800. The van der Waals surface area contributed by atoms with Crippen LogP contribution in [0, 0.1) is 0 Å². The van der Waals surface area contributed by atoms with E-state index in [0.29, 0.717) is 18.3 Å². The van der Waals surface area contributed by atoms with Gasteiger partial charge in [-0.05, 0) is 19.1 Å². The standard InChI is InChI=1S/C5H13N3OS/c1-2-9-4-3-7-5(10)8-6/h2-4,6H2,1H3,(H2,7,8,10). The predicted octanol–water partition coefficient (Wildman–Crippen LogP) is -0.639. The molecule has 0 aromatic carbocycles. The van der Waals surface area contributed by atoms with Crippen molar-refractivity contribution < 1.29 is 4.74 Å². The normalized spacial score (nSPS) is 9.00. The first-order chi connectivity index (χ1) is 4.81. The van der Waals surface area contributed by atoms with Crippen LogP contribution in [0.15, 0.2) is 0 Å². The zero-order valence-electron chi connectivity index (χ0n) is 6.02. The summed E-state index contributed by atoms with van der Waals surface area (Å²) in [6.45, 7) is 4.01. The first-order valence-electron chi connectivity index (χ1n) is 3.13. The summed E-state index contributed by atoms with van der Waals surface area (Å²) in [6, 6.07) is 0. The van der Waals surface area contributed by atoms with Gasteiger partial charge in [0.2, 0.25) is 0 Å². The molecular formula is C5H13N3OS. The molecule has 0 aliphatic heterocycles. The summed E-state index contributed by atoms with van der Waals surface area (Å²) in [5.41, 5.74) is 2.31. The summed E-state index contributed by atoms with van der Waals surface area (Å²) in [4.78, 5) is 0. The summed E-state index contributed by atoms with van der Waals surface area (Å²) in [6.07, 6.45) is 0. The molecule has 0 radical (unpaired) electrons. The molecule has 0 fully saturated rings. The van der Waals surface area contributed by atoms with Crippen LogP contribution in [0.3, 0.4) is 0 Å². The molecule has 0 saturated heterocycles. The zero-order chi connectivity index (χ0) is 7.82. The van der Waals surface area contributed by atoms with Gasteiger partial charge in [-0.1, -0.05) is 0 Å². The average molecular weight is 163 g/mol. The van der Waals surface area contributed by atoms with Crippen molar-refractivity contribution in [2.45, 2.75) is 6.92 Å². The number of thiocarbonyl (C=S) groups is 1. The van der Waals surface area contributed by atoms with Crippen molar-refractivity contribution in [3.8, 4) is 0 Å². The van der Waals surface area contributed by atoms with Gasteiger partial charge in [-0.3, -0.25) is 0 Å². The van der Waals surface area contributed by atoms with Crippen LogP contribution < -0.4 is 16.6 Å². The van der Waals surface area contributed by atoms with E-state index in [4.69, 9.17) is 22.8 Å². The van der Waals surface area contributed by atoms with E-state index >= 15 is 0 Å². The van der Waals surface area contributed by atoms with E-state index in [9.17, 15) is 0 Å². The van der Waals surface area contributed by atoms with Crippen LogP contribution in [0.25, 0.3) is 0 Å². The maximum atomic E-state index is 5.04. The van der Waals surface area contributed by atoms with Crippen LogP contribution in [0.5, 0.6) is 0 Å². The van der Waals surface area contributed by atoms with Crippen LogP contribution >= 0.6 is 12.2 Å². The Bertz CT molecular complexity index is 98.9. The molecule has 0 aliphatic rings. The Morgan fingerprint density at radius 1 is 1.70 bits per heavy atom. The van der Waals surface area contributed by atoms with Gasteiger partial charge in [-0.15, -0.1) is 0 Å². The van der Waals surface area contributed by atoms with E-state index < -0.39 is 0 Å². The van der Waals surface area contributed by atoms with Gasteiger partial charge in [-0.25, -0.2) is 5.84 Å². The summed E-state index contributed by atoms with van der Waals surface area (Å²) in [5, 5.41) is 3.28. The molecule has 4 N–H and O–H groups in total. The largest absolute Gasteiger partial charge is 0.380 e. The van der Waals surface area contributed by atoms with E-state index in [2.05, 4.69) is 10.7 Å². The molecular weight excluding hydrogens is 150 g/mol. The Morgan fingerprint density at radius 3 is 2.90 bits per heavy atom. The quantitative estimate of drug-likeness (QED) is 0.223. The minimum Gasteiger partial charge on any atom is -0.380 e. The van der Waals surface area contributed by atoms with Gasteiger partial charge < -0.3 is 15.5 Å². The fourth-order valence-corrected chi connectivity index (χ4v) is 0.534. The van der Waals surface area contributed by atoms with Gasteiger partial charge in [0.15, 0.2) is 5.11 Å². The van der Waals surface area contributed by atoms with E-state index in [1.54, 1.807) is 0 Å². The Hall–Kier alpha value is -0.390. The van der Waals surface area contributed by atoms with Crippen LogP contribution in [-0.2, 0) is 4.74 Å². The summed E-state index contributed by atoms with van der Waals surface area (Å²) < 4.78 is 5.04. The van der Waals surface area contributed by atoms with Crippen molar-refractivity contribution in [2.24, 2.45) is 5.84 Å². The van der Waals surface area contributed by atoms with Crippen molar-refractivity contribution in [3.05, 3.63) is 0 Å². The van der Waals surface area contributed by atoms with Crippen LogP contribution in [0.2, 0.25) is 0 Å². The Morgan fingerprint density at radius 2 is 2.40 bits per heavy atom. The summed E-state index contributed by atoms with van der Waals surface area (Å²) >= 11 is 4.70. The molecule has 0 aromatic rings. The van der Waals surface area contributed by atoms with Crippen LogP contribution in [0.4, 0.5) is 0 Å². The number of hydrogen-bond acceptors (Lipinski definition) is 3. The Kier molecular flexibility index (Phi) is 6.46. The molecule has 0 aliphatic carbocycles. The molecule has 0 saturated carbocycles. The van der Waals surface area contributed by atoms with Gasteiger partial charge in [0, 0.05) is 13.2 Å². The second-order valence-electron chi connectivity index (χ2n) is 1.60. The minimum atomic E-state index is 0.444. The maximum absolute atomic E-state index is 5.04. The molecule has 0 rings (SSSR count). The van der Waals surface area contributed by atoms with Gasteiger partial charge in [-0.2, -0.15) is 0 Å². The number of nitrogens with two attached hydrogens (primary N) is 1. The number of ether oxygens (including phenoxy) is 1. The van der Waals surface area contributed by atoms with Gasteiger partial charge >= 0.3 is 0 Å². The molecule has 0 amide bonds. The summed E-state index contributed by atoms with van der Waals surface area (Å²) in [7, 11) is 0. The number of hydrazine groups is 1. The Labute approximate surface area is 66.1 Å². The topological polar surface area (TPSA) is 59.3 Å². The fourth-order valence-electron chi connectivity index (χ4n) is 0.432. The highest BCUT2D eigenvalue weighted by Crippen LogP contribution is 1.70. The van der Waals surface area contributed by atoms with E-state index in [1.807, 2.05) is 6.92 Å². The van der Waals surface area contributed by atoms with Gasteiger partial charge in [0.05, 0.1) is 6.61 Å². The van der Waals surface area contributed by atoms with Crippen molar-refractivity contribution in [3.63, 3.8) is 0 Å². The second-order valence-corrected chi connectivity index (χ2v) is 2.01. The van der Waals surface area contributed by atoms with E-state index in [1.165, 1.54) is 0 Å². The molecule has 0 unspecified atom stereocenters. The molecule has 5 heteroatoms. The van der Waals surface area contributed by atoms with E-state index in [-0.39, 0.29) is 0 Å². The third kappa shape index (κ3) is 5.74. The molecule has 60 valence electrons. The molecule has 0 aromatic heterocycles. The van der Waals surface area contributed by atoms with Crippen molar-refractivity contribution in [1.82, 2.24) is 10.7 Å². The first kappa shape index (κ1) is 9.61. The molecule has 0 bridgehead atoms. The number of rotatable bonds is 4. The van der Waals surface area contributed by atoms with Crippen LogP contribution in [-0.4, -0.2) is 24.9 Å². The molecule has 0 heterocycles. The van der Waals surface area contributed by atoms with E-state index in [0.717, 1.165) is 6.61 Å². The third-order valence-corrected chi connectivity index (χ3v) is 1.13. The highest BCUT2D eigenvalue weighted by atomic mass is 32.1. The lowest BCUT2D eigenvalue weighted by Gasteiger charge is -2.05. The van der Waals surface area contributed by atoms with Gasteiger partial charge in [0.1, 0.15) is 0 Å². The summed E-state index contributed by atoms with van der Waals surface area (Å²) in [5.74, 6) is 4.99. The average Bonchev–Trinajstić information content (AvgIpc) is 1.98. The monoisotopic (exact) mass is 163 g/mol. The highest BCUT2D eigenvalue weighted by Gasteiger charge is 1.88. The maximum Gasteiger partial charge on any atom is 0.180 e. The second kappa shape index (κ2) is 6.73. The molecule has 0 spiro atoms. The van der Waals surface area contributed by atoms with Crippen molar-refractivity contribution >= 4 is 17.3 Å². The van der Waals surface area contributed by atoms with Gasteiger partial charge in [0.25, 0.3) is 0 Å². The smallest absolute Gasteiger partial charge is 0.180 e. The van der Waals surface area contributed by atoms with Crippen LogP contribution in [0.1, 0.15) is 6.92 Å².